The molecule has 18 heavy (non-hydrogen) atoms. The largest absolute Gasteiger partial charge is 0.393 e. The van der Waals surface area contributed by atoms with Crippen LogP contribution in [0.5, 0.6) is 0 Å². The van der Waals surface area contributed by atoms with Crippen LogP contribution in [-0.2, 0) is 7.05 Å². The van der Waals surface area contributed by atoms with Crippen LogP contribution < -0.4 is 11.3 Å². The van der Waals surface area contributed by atoms with E-state index < -0.39 is 0 Å². The van der Waals surface area contributed by atoms with Gasteiger partial charge in [-0.3, -0.25) is 9.48 Å². The average Bonchev–Trinajstić information content (AvgIpc) is 2.52. The number of halogens is 1. The fourth-order valence-corrected chi connectivity index (χ4v) is 2.20. The van der Waals surface area contributed by atoms with Crippen molar-refractivity contribution < 1.29 is 4.39 Å². The van der Waals surface area contributed by atoms with Crippen molar-refractivity contribution in [2.75, 3.05) is 5.73 Å². The molecule has 0 aliphatic carbocycles. The maximum atomic E-state index is 12.9. The Balaban J connectivity index is 2.69. The number of nitrogens with zero attached hydrogens (tertiary/aromatic N) is 2. The Morgan fingerprint density at radius 1 is 1.22 bits per heavy atom. The van der Waals surface area contributed by atoms with E-state index in [9.17, 15) is 9.18 Å². The summed E-state index contributed by atoms with van der Waals surface area (Å²) < 4.78 is 16.1. The predicted molar refractivity (Wildman–Crippen MR) is 69.5 cm³/mol. The number of anilines is 1. The van der Waals surface area contributed by atoms with E-state index in [0.29, 0.717) is 5.69 Å². The third-order valence-corrected chi connectivity index (χ3v) is 2.97. The van der Waals surface area contributed by atoms with Crippen LogP contribution in [0.2, 0.25) is 0 Å². The number of hydrogen-bond donors (Lipinski definition) is 1. The maximum absolute atomic E-state index is 12.9. The highest BCUT2D eigenvalue weighted by Gasteiger charge is 2.18. The lowest BCUT2D eigenvalue weighted by molar-refractivity contribution is 0.591. The van der Waals surface area contributed by atoms with Crippen molar-refractivity contribution in [3.05, 3.63) is 46.1 Å². The van der Waals surface area contributed by atoms with Crippen molar-refractivity contribution in [2.45, 2.75) is 19.8 Å². The maximum Gasteiger partial charge on any atom is 0.294 e. The van der Waals surface area contributed by atoms with E-state index in [1.165, 1.54) is 16.8 Å². The highest BCUT2D eigenvalue weighted by atomic mass is 19.1. The van der Waals surface area contributed by atoms with Gasteiger partial charge in [-0.05, 0) is 30.2 Å². The first-order valence-electron chi connectivity index (χ1n) is 5.76. The Morgan fingerprint density at radius 2 is 1.78 bits per heavy atom. The summed E-state index contributed by atoms with van der Waals surface area (Å²) in [5.41, 5.74) is 7.20. The Labute approximate surface area is 104 Å². The van der Waals surface area contributed by atoms with Gasteiger partial charge in [-0.25, -0.2) is 9.07 Å². The van der Waals surface area contributed by atoms with Crippen molar-refractivity contribution in [1.82, 2.24) is 9.36 Å². The van der Waals surface area contributed by atoms with E-state index in [-0.39, 0.29) is 23.0 Å². The summed E-state index contributed by atoms with van der Waals surface area (Å²) in [6, 6.07) is 5.75. The molecule has 0 amide bonds. The van der Waals surface area contributed by atoms with Gasteiger partial charge in [-0.2, -0.15) is 0 Å². The molecule has 0 unspecified atom stereocenters. The zero-order chi connectivity index (χ0) is 13.4. The molecule has 0 saturated heterocycles. The molecule has 0 aliphatic heterocycles. The van der Waals surface area contributed by atoms with Crippen molar-refractivity contribution in [3.8, 4) is 5.69 Å². The molecule has 0 radical (unpaired) electrons. The van der Waals surface area contributed by atoms with E-state index >= 15 is 0 Å². The molecule has 2 rings (SSSR count). The topological polar surface area (TPSA) is 53.0 Å². The highest BCUT2D eigenvalue weighted by Crippen LogP contribution is 2.20. The van der Waals surface area contributed by atoms with E-state index in [0.717, 1.165) is 5.69 Å². The van der Waals surface area contributed by atoms with E-state index in [1.54, 1.807) is 23.9 Å². The molecule has 4 nitrogen and oxygen atoms in total. The lowest BCUT2D eigenvalue weighted by atomic mass is 10.1. The Hall–Kier alpha value is -2.04. The molecule has 5 heteroatoms. The minimum absolute atomic E-state index is 0.143. The number of aromatic nitrogens is 2. The lowest BCUT2D eigenvalue weighted by Gasteiger charge is -2.11. The van der Waals surface area contributed by atoms with Crippen LogP contribution in [0, 0.1) is 5.82 Å². The van der Waals surface area contributed by atoms with Crippen molar-refractivity contribution in [2.24, 2.45) is 7.05 Å². The van der Waals surface area contributed by atoms with Gasteiger partial charge < -0.3 is 5.73 Å². The molecule has 0 fully saturated rings. The molecule has 0 saturated carbocycles. The number of hydrogen-bond acceptors (Lipinski definition) is 2. The monoisotopic (exact) mass is 249 g/mol. The fraction of sp³-hybridized carbons (Fsp3) is 0.308. The van der Waals surface area contributed by atoms with Crippen LogP contribution in [0.25, 0.3) is 5.69 Å². The summed E-state index contributed by atoms with van der Waals surface area (Å²) in [7, 11) is 1.77. The molecular weight excluding hydrogens is 233 g/mol. The average molecular weight is 249 g/mol. The number of rotatable bonds is 2. The summed E-state index contributed by atoms with van der Waals surface area (Å²) in [5.74, 6) is -0.192. The van der Waals surface area contributed by atoms with Gasteiger partial charge in [0.15, 0.2) is 0 Å². The van der Waals surface area contributed by atoms with Gasteiger partial charge in [0, 0.05) is 7.05 Å². The zero-order valence-electron chi connectivity index (χ0n) is 10.6. The van der Waals surface area contributed by atoms with Crippen LogP contribution in [0.4, 0.5) is 10.1 Å². The van der Waals surface area contributed by atoms with Crippen LogP contribution in [0.1, 0.15) is 25.5 Å². The second kappa shape index (κ2) is 4.33. The first kappa shape index (κ1) is 12.4. The minimum Gasteiger partial charge on any atom is -0.393 e. The minimum atomic E-state index is -0.335. The van der Waals surface area contributed by atoms with Crippen molar-refractivity contribution in [1.29, 1.82) is 0 Å². The van der Waals surface area contributed by atoms with E-state index in [2.05, 4.69) is 0 Å². The van der Waals surface area contributed by atoms with Gasteiger partial charge in [0.2, 0.25) is 0 Å². The standard InChI is InChI=1S/C13H16FN3O/c1-8(2)12-11(15)13(18)17(16(12)3)10-6-4-9(14)5-7-10/h4-8H,15H2,1-3H3. The molecule has 0 spiro atoms. The zero-order valence-corrected chi connectivity index (χ0v) is 10.6. The Bertz CT molecular complexity index is 623. The number of nitrogens with two attached hydrogens (primary N) is 1. The first-order valence-corrected chi connectivity index (χ1v) is 5.76. The van der Waals surface area contributed by atoms with Crippen LogP contribution in [0.15, 0.2) is 29.1 Å². The van der Waals surface area contributed by atoms with E-state index in [1.807, 2.05) is 13.8 Å². The first-order chi connectivity index (χ1) is 8.43. The highest BCUT2D eigenvalue weighted by molar-refractivity contribution is 5.46. The molecule has 2 N–H and O–H groups in total. The summed E-state index contributed by atoms with van der Waals surface area (Å²) in [4.78, 5) is 12.1. The quantitative estimate of drug-likeness (QED) is 0.885. The summed E-state index contributed by atoms with van der Waals surface area (Å²) in [6.45, 7) is 3.94. The van der Waals surface area contributed by atoms with Gasteiger partial charge in [0.1, 0.15) is 11.5 Å². The second-order valence-electron chi connectivity index (χ2n) is 4.57. The SMILES string of the molecule is CC(C)c1c(N)c(=O)n(-c2ccc(F)cc2)n1C. The molecule has 1 heterocycles. The molecule has 1 aromatic carbocycles. The second-order valence-corrected chi connectivity index (χ2v) is 4.57. The molecule has 1 aromatic heterocycles. The van der Waals surface area contributed by atoms with Gasteiger partial charge in [-0.15, -0.1) is 0 Å². The van der Waals surface area contributed by atoms with Crippen LogP contribution >= 0.6 is 0 Å². The van der Waals surface area contributed by atoms with Crippen LogP contribution in [-0.4, -0.2) is 9.36 Å². The Morgan fingerprint density at radius 3 is 2.22 bits per heavy atom. The predicted octanol–water partition coefficient (Wildman–Crippen LogP) is 2.02. The van der Waals surface area contributed by atoms with Gasteiger partial charge >= 0.3 is 0 Å². The van der Waals surface area contributed by atoms with Gasteiger partial charge in [-0.1, -0.05) is 13.8 Å². The fourth-order valence-electron chi connectivity index (χ4n) is 2.20. The third kappa shape index (κ3) is 1.81. The molecule has 2 aromatic rings. The number of benzene rings is 1. The van der Waals surface area contributed by atoms with Crippen LogP contribution in [0.3, 0.4) is 0 Å². The van der Waals surface area contributed by atoms with Gasteiger partial charge in [0.25, 0.3) is 5.56 Å². The molecule has 0 aliphatic rings. The summed E-state index contributed by atoms with van der Waals surface area (Å²) in [5, 5.41) is 0. The molecule has 96 valence electrons. The smallest absolute Gasteiger partial charge is 0.294 e. The summed E-state index contributed by atoms with van der Waals surface area (Å²) in [6.07, 6.45) is 0. The normalized spacial score (nSPS) is 11.2. The number of nitrogen functional groups attached to an aromatic ring is 1. The van der Waals surface area contributed by atoms with Gasteiger partial charge in [0.05, 0.1) is 11.4 Å². The Kier molecular flexibility index (Phi) is 2.98. The third-order valence-electron chi connectivity index (χ3n) is 2.97. The molecule has 0 bridgehead atoms. The summed E-state index contributed by atoms with van der Waals surface area (Å²) >= 11 is 0. The van der Waals surface area contributed by atoms with E-state index in [4.69, 9.17) is 5.73 Å². The molecule has 0 atom stereocenters. The van der Waals surface area contributed by atoms with Crippen molar-refractivity contribution >= 4 is 5.69 Å². The van der Waals surface area contributed by atoms with Crippen molar-refractivity contribution in [3.63, 3.8) is 0 Å². The lowest BCUT2D eigenvalue weighted by Crippen LogP contribution is -2.20. The molecular formula is C13H16FN3O.